The number of carbonyl (C=O) groups excluding carboxylic acids is 2. The summed E-state index contributed by atoms with van der Waals surface area (Å²) in [4.78, 5) is 25.7. The smallest absolute Gasteiger partial charge is 0.305 e. The van der Waals surface area contributed by atoms with E-state index in [1.165, 1.54) is 20.0 Å². The summed E-state index contributed by atoms with van der Waals surface area (Å²) < 4.78 is 4.87. The van der Waals surface area contributed by atoms with E-state index in [1.54, 1.807) is 0 Å². The highest BCUT2D eigenvalue weighted by atomic mass is 16.5. The van der Waals surface area contributed by atoms with Crippen LogP contribution in [0.3, 0.4) is 0 Å². The van der Waals surface area contributed by atoms with Crippen molar-refractivity contribution in [3.8, 4) is 0 Å². The Morgan fingerprint density at radius 3 is 2.45 bits per heavy atom. The summed E-state index contributed by atoms with van der Waals surface area (Å²) >= 11 is 0. The molecule has 4 aliphatic rings. The maximum atomic E-state index is 14.0. The molecule has 0 amide bonds. The minimum Gasteiger partial charge on any atom is -0.469 e. The summed E-state index contributed by atoms with van der Waals surface area (Å²) in [6, 6.07) is 0. The van der Waals surface area contributed by atoms with Gasteiger partial charge in [-0.15, -0.1) is 0 Å². The van der Waals surface area contributed by atoms with Crippen LogP contribution in [0.2, 0.25) is 0 Å². The predicted octanol–water partition coefficient (Wildman–Crippen LogP) is 5.41. The first-order chi connectivity index (χ1) is 14.7. The van der Waals surface area contributed by atoms with Gasteiger partial charge >= 0.3 is 5.97 Å². The zero-order chi connectivity index (χ0) is 22.6. The van der Waals surface area contributed by atoms with Crippen molar-refractivity contribution in [2.75, 3.05) is 7.11 Å². The quantitative estimate of drug-likeness (QED) is 0.590. The first kappa shape index (κ1) is 23.3. The predicted molar refractivity (Wildman–Crippen MR) is 121 cm³/mol. The van der Waals surface area contributed by atoms with Crippen LogP contribution >= 0.6 is 0 Å². The van der Waals surface area contributed by atoms with Gasteiger partial charge in [-0.05, 0) is 98.2 Å². The van der Waals surface area contributed by atoms with Gasteiger partial charge in [0.2, 0.25) is 0 Å². The number of ketones is 1. The van der Waals surface area contributed by atoms with Crippen LogP contribution in [0.15, 0.2) is 0 Å². The first-order valence-electron chi connectivity index (χ1n) is 13.0. The van der Waals surface area contributed by atoms with E-state index in [2.05, 4.69) is 27.7 Å². The second kappa shape index (κ2) is 8.47. The lowest BCUT2D eigenvalue weighted by Gasteiger charge is -2.62. The lowest BCUT2D eigenvalue weighted by atomic mass is 9.42. The molecule has 4 saturated carbocycles. The summed E-state index contributed by atoms with van der Waals surface area (Å²) in [6.45, 7) is 9.42. The lowest BCUT2D eigenvalue weighted by Crippen LogP contribution is -2.60. The minimum atomic E-state index is -0.225. The maximum absolute atomic E-state index is 14.0. The van der Waals surface area contributed by atoms with Gasteiger partial charge in [0.1, 0.15) is 5.78 Å². The molecule has 0 aromatic rings. The number of rotatable bonds is 5. The molecule has 0 aromatic carbocycles. The SMILES string of the molecule is CC[C@H]1C(=O)C2[C@@H]3CCC([C@H](C)CCC(=O)OC)C3(C)CC[C@@H]2C2(C)CC[C@@H](O)CC12. The summed E-state index contributed by atoms with van der Waals surface area (Å²) in [5, 5.41) is 10.4. The molecule has 31 heavy (non-hydrogen) atoms. The minimum absolute atomic E-state index is 0.109. The molecule has 5 unspecified atom stereocenters. The third-order valence-corrected chi connectivity index (χ3v) is 10.9. The average Bonchev–Trinajstić information content (AvgIpc) is 3.10. The third-order valence-electron chi connectivity index (χ3n) is 10.9. The van der Waals surface area contributed by atoms with E-state index in [1.807, 2.05) is 0 Å². The van der Waals surface area contributed by atoms with Crippen LogP contribution in [-0.4, -0.2) is 30.1 Å². The van der Waals surface area contributed by atoms with Gasteiger partial charge in [-0.3, -0.25) is 9.59 Å². The van der Waals surface area contributed by atoms with Crippen molar-refractivity contribution >= 4 is 11.8 Å². The molecule has 4 rings (SSSR count). The van der Waals surface area contributed by atoms with E-state index in [9.17, 15) is 14.7 Å². The van der Waals surface area contributed by atoms with Crippen LogP contribution in [0, 0.1) is 52.3 Å². The highest BCUT2D eigenvalue weighted by molar-refractivity contribution is 5.86. The number of hydrogen-bond acceptors (Lipinski definition) is 4. The molecule has 4 fully saturated rings. The standard InChI is InChI=1S/C27H44O4/c1-6-18-22-15-17(28)11-13-27(22,4)21-12-14-26(3)19(16(2)7-10-23(29)31-5)8-9-20(26)24(21)25(18)30/h16-22,24,28H,6-15H2,1-5H3/t16-,17-,18-,19?,20+,21+,22?,24?,26?,27?/m1/s1. The molecular formula is C27H44O4. The Balaban J connectivity index is 1.59. The fourth-order valence-electron chi connectivity index (χ4n) is 9.26. The first-order valence-corrected chi connectivity index (χ1v) is 13.0. The van der Waals surface area contributed by atoms with Gasteiger partial charge < -0.3 is 9.84 Å². The summed E-state index contributed by atoms with van der Waals surface area (Å²) in [5.41, 5.74) is 0.413. The van der Waals surface area contributed by atoms with Gasteiger partial charge in [0.15, 0.2) is 0 Å². The van der Waals surface area contributed by atoms with Crippen LogP contribution in [0.1, 0.15) is 91.9 Å². The number of aliphatic hydroxyl groups excluding tert-OH is 1. The average molecular weight is 433 g/mol. The number of carbonyl (C=O) groups is 2. The Morgan fingerprint density at radius 1 is 1.10 bits per heavy atom. The Bertz CT molecular complexity index is 703. The Morgan fingerprint density at radius 2 is 1.77 bits per heavy atom. The van der Waals surface area contributed by atoms with Gasteiger partial charge in [-0.2, -0.15) is 0 Å². The van der Waals surface area contributed by atoms with E-state index in [4.69, 9.17) is 4.74 Å². The van der Waals surface area contributed by atoms with Gasteiger partial charge in [0.05, 0.1) is 13.2 Å². The number of esters is 1. The van der Waals surface area contributed by atoms with Gasteiger partial charge in [0, 0.05) is 18.3 Å². The van der Waals surface area contributed by atoms with E-state index in [0.29, 0.717) is 41.8 Å². The molecule has 0 saturated heterocycles. The second-order valence-corrected chi connectivity index (χ2v) is 12.0. The van der Waals surface area contributed by atoms with Crippen molar-refractivity contribution in [1.29, 1.82) is 0 Å². The third kappa shape index (κ3) is 3.60. The lowest BCUT2D eigenvalue weighted by molar-refractivity contribution is -0.173. The van der Waals surface area contributed by atoms with Crippen molar-refractivity contribution in [3.05, 3.63) is 0 Å². The Labute approximate surface area is 188 Å². The maximum Gasteiger partial charge on any atom is 0.305 e. The summed E-state index contributed by atoms with van der Waals surface area (Å²) in [6.07, 6.45) is 9.59. The van der Waals surface area contributed by atoms with E-state index in [-0.39, 0.29) is 34.7 Å². The number of ether oxygens (including phenoxy) is 1. The molecule has 10 atom stereocenters. The van der Waals surface area contributed by atoms with Crippen LogP contribution in [0.5, 0.6) is 0 Å². The topological polar surface area (TPSA) is 63.6 Å². The van der Waals surface area contributed by atoms with Crippen LogP contribution in [0.25, 0.3) is 0 Å². The molecule has 4 aliphatic carbocycles. The van der Waals surface area contributed by atoms with E-state index in [0.717, 1.165) is 44.9 Å². The number of hydrogen-bond donors (Lipinski definition) is 1. The van der Waals surface area contributed by atoms with Gasteiger partial charge in [-0.1, -0.05) is 27.7 Å². The Kier molecular flexibility index (Phi) is 6.35. The van der Waals surface area contributed by atoms with Crippen LogP contribution in [-0.2, 0) is 14.3 Å². The van der Waals surface area contributed by atoms with Crippen molar-refractivity contribution in [2.45, 2.75) is 98.0 Å². The molecule has 176 valence electrons. The van der Waals surface area contributed by atoms with Crippen LogP contribution in [0.4, 0.5) is 0 Å². The van der Waals surface area contributed by atoms with E-state index < -0.39 is 0 Å². The van der Waals surface area contributed by atoms with Gasteiger partial charge in [0.25, 0.3) is 0 Å². The number of fused-ring (bicyclic) bond motifs is 5. The Hall–Kier alpha value is -0.900. The molecule has 0 heterocycles. The molecule has 0 aromatic heterocycles. The number of methoxy groups -OCH3 is 1. The highest BCUT2D eigenvalue weighted by Crippen LogP contribution is 2.68. The summed E-state index contributed by atoms with van der Waals surface area (Å²) in [5.74, 6) is 3.16. The molecule has 1 N–H and O–H groups in total. The second-order valence-electron chi connectivity index (χ2n) is 12.0. The molecule has 0 radical (unpaired) electrons. The van der Waals surface area contributed by atoms with Crippen molar-refractivity contribution in [2.24, 2.45) is 52.3 Å². The van der Waals surface area contributed by atoms with Crippen LogP contribution < -0.4 is 0 Å². The normalized spacial score (nSPS) is 47.8. The fraction of sp³-hybridized carbons (Fsp3) is 0.926. The zero-order valence-corrected chi connectivity index (χ0v) is 20.4. The molecule has 4 nitrogen and oxygen atoms in total. The fourth-order valence-corrected chi connectivity index (χ4v) is 9.26. The largest absolute Gasteiger partial charge is 0.469 e. The van der Waals surface area contributed by atoms with Crippen molar-refractivity contribution in [3.63, 3.8) is 0 Å². The monoisotopic (exact) mass is 432 g/mol. The molecule has 0 aliphatic heterocycles. The molecule has 0 spiro atoms. The van der Waals surface area contributed by atoms with Crippen molar-refractivity contribution < 1.29 is 19.4 Å². The van der Waals surface area contributed by atoms with E-state index >= 15 is 0 Å². The number of aliphatic hydroxyl groups is 1. The van der Waals surface area contributed by atoms with Crippen molar-refractivity contribution in [1.82, 2.24) is 0 Å². The van der Waals surface area contributed by atoms with Gasteiger partial charge in [-0.25, -0.2) is 0 Å². The molecular weight excluding hydrogens is 388 g/mol. The summed E-state index contributed by atoms with van der Waals surface area (Å²) in [7, 11) is 1.47. The molecule has 4 heteroatoms. The highest BCUT2D eigenvalue weighted by Gasteiger charge is 2.65. The number of Topliss-reactive ketones (excluding diaryl/α,β-unsaturated/α-hetero) is 1. The molecule has 0 bridgehead atoms. The zero-order valence-electron chi connectivity index (χ0n) is 20.4.